The third kappa shape index (κ3) is 3.77. The van der Waals surface area contributed by atoms with Crippen molar-refractivity contribution in [3.05, 3.63) is 35.4 Å². The van der Waals surface area contributed by atoms with Gasteiger partial charge in [0.05, 0.1) is 6.67 Å². The molecule has 0 atom stereocenters. The van der Waals surface area contributed by atoms with E-state index in [2.05, 4.69) is 0 Å². The first-order valence-corrected chi connectivity index (χ1v) is 6.00. The fourth-order valence-corrected chi connectivity index (χ4v) is 1.68. The lowest BCUT2D eigenvalue weighted by molar-refractivity contribution is -0.163. The molecule has 0 radical (unpaired) electrons. The molecule has 19 heavy (non-hydrogen) atoms. The highest BCUT2D eigenvalue weighted by molar-refractivity contribution is 5.97. The molecular weight excluding hydrogens is 250 g/mol. The van der Waals surface area contributed by atoms with Gasteiger partial charge in [-0.05, 0) is 30.9 Å². The van der Waals surface area contributed by atoms with Gasteiger partial charge in [-0.25, -0.2) is 0 Å². The molecule has 104 valence electrons. The molecule has 0 unspecified atom stereocenters. The summed E-state index contributed by atoms with van der Waals surface area (Å²) in [6, 6.07) is 7.09. The molecular formula is C14H17FO4. The van der Waals surface area contributed by atoms with Crippen LogP contribution in [0, 0.1) is 5.41 Å². The van der Waals surface area contributed by atoms with Crippen LogP contribution in [0.15, 0.2) is 24.3 Å². The average molecular weight is 267 g/mol. The zero-order chi connectivity index (χ0) is 14.5. The van der Waals surface area contributed by atoms with E-state index in [1.807, 2.05) is 0 Å². The molecule has 1 aromatic rings. The van der Waals surface area contributed by atoms with Gasteiger partial charge in [0.15, 0.2) is 5.41 Å². The molecule has 0 fully saturated rings. The van der Waals surface area contributed by atoms with Crippen molar-refractivity contribution >= 4 is 11.9 Å². The normalized spacial score (nSPS) is 11.3. The second kappa shape index (κ2) is 6.31. The van der Waals surface area contributed by atoms with Crippen molar-refractivity contribution < 1.29 is 24.2 Å². The van der Waals surface area contributed by atoms with Crippen LogP contribution < -0.4 is 0 Å². The summed E-state index contributed by atoms with van der Waals surface area (Å²) in [5, 5.41) is 17.9. The lowest BCUT2D eigenvalue weighted by Gasteiger charge is -2.19. The van der Waals surface area contributed by atoms with E-state index in [-0.39, 0.29) is 6.42 Å². The summed E-state index contributed by atoms with van der Waals surface area (Å²) in [5.74, 6) is -2.68. The van der Waals surface area contributed by atoms with Gasteiger partial charge in [0, 0.05) is 6.42 Å². The number of halogens is 1. The maximum absolute atomic E-state index is 12.1. The number of carboxylic acids is 2. The SMILES string of the molecule is CC(CCc1ccc(CC[18F])cc1)(C(=O)O)C(=O)O. The topological polar surface area (TPSA) is 74.6 Å². The van der Waals surface area contributed by atoms with Crippen LogP contribution in [0.2, 0.25) is 0 Å². The van der Waals surface area contributed by atoms with E-state index in [0.29, 0.717) is 12.8 Å². The van der Waals surface area contributed by atoms with Crippen LogP contribution in [0.1, 0.15) is 24.5 Å². The first-order chi connectivity index (χ1) is 8.90. The fraction of sp³-hybridized carbons (Fsp3) is 0.429. The second-order valence-electron chi connectivity index (χ2n) is 4.70. The highest BCUT2D eigenvalue weighted by Crippen LogP contribution is 2.24. The van der Waals surface area contributed by atoms with Crippen LogP contribution in [0.5, 0.6) is 0 Å². The molecule has 5 heteroatoms. The van der Waals surface area contributed by atoms with Crippen molar-refractivity contribution in [1.82, 2.24) is 0 Å². The van der Waals surface area contributed by atoms with E-state index < -0.39 is 24.0 Å². The minimum Gasteiger partial charge on any atom is -0.480 e. The monoisotopic (exact) mass is 267 g/mol. The largest absolute Gasteiger partial charge is 0.480 e. The van der Waals surface area contributed by atoms with Crippen molar-refractivity contribution in [2.45, 2.75) is 26.2 Å². The van der Waals surface area contributed by atoms with Crippen LogP contribution in [0.4, 0.5) is 4.39 Å². The molecule has 0 aromatic heterocycles. The molecule has 0 bridgehead atoms. The Kier molecular flexibility index (Phi) is 5.03. The summed E-state index contributed by atoms with van der Waals surface area (Å²) in [5.41, 5.74) is -0.0701. The third-order valence-corrected chi connectivity index (χ3v) is 3.26. The van der Waals surface area contributed by atoms with Crippen molar-refractivity contribution in [3.63, 3.8) is 0 Å². The highest BCUT2D eigenvalue weighted by Gasteiger charge is 2.40. The number of rotatable bonds is 7. The summed E-state index contributed by atoms with van der Waals surface area (Å²) in [6.45, 7) is 0.782. The average Bonchev–Trinajstić information content (AvgIpc) is 2.37. The summed E-state index contributed by atoms with van der Waals surface area (Å²) in [4.78, 5) is 22.0. The van der Waals surface area contributed by atoms with Gasteiger partial charge in [-0.2, -0.15) is 0 Å². The molecule has 2 N–H and O–H groups in total. The van der Waals surface area contributed by atoms with Gasteiger partial charge < -0.3 is 10.2 Å². The van der Waals surface area contributed by atoms with E-state index >= 15 is 0 Å². The first kappa shape index (κ1) is 15.1. The summed E-state index contributed by atoms with van der Waals surface area (Å²) < 4.78 is 12.1. The Morgan fingerprint density at radius 2 is 1.47 bits per heavy atom. The van der Waals surface area contributed by atoms with Crippen LogP contribution >= 0.6 is 0 Å². The lowest BCUT2D eigenvalue weighted by Crippen LogP contribution is -2.36. The Morgan fingerprint density at radius 1 is 1.05 bits per heavy atom. The van der Waals surface area contributed by atoms with E-state index in [1.54, 1.807) is 24.3 Å². The van der Waals surface area contributed by atoms with E-state index in [4.69, 9.17) is 10.2 Å². The number of carboxylic acid groups (broad SMARTS) is 2. The molecule has 1 aromatic carbocycles. The maximum Gasteiger partial charge on any atom is 0.320 e. The zero-order valence-corrected chi connectivity index (χ0v) is 10.7. The van der Waals surface area contributed by atoms with E-state index in [1.165, 1.54) is 6.92 Å². The van der Waals surface area contributed by atoms with Gasteiger partial charge in [0.25, 0.3) is 0 Å². The predicted octanol–water partition coefficient (Wildman–Crippen LogP) is 2.31. The second-order valence-corrected chi connectivity index (χ2v) is 4.70. The summed E-state index contributed by atoms with van der Waals surface area (Å²) in [6.07, 6.45) is 0.716. The number of aryl methyl sites for hydroxylation is 2. The molecule has 0 aliphatic carbocycles. The Hall–Kier alpha value is -1.91. The van der Waals surface area contributed by atoms with Gasteiger partial charge in [0.2, 0.25) is 0 Å². The molecule has 4 nitrogen and oxygen atoms in total. The maximum atomic E-state index is 12.1. The number of hydrogen-bond donors (Lipinski definition) is 2. The number of benzene rings is 1. The summed E-state index contributed by atoms with van der Waals surface area (Å²) in [7, 11) is 0. The molecule has 0 amide bonds. The lowest BCUT2D eigenvalue weighted by atomic mass is 9.84. The molecule has 1 rings (SSSR count). The van der Waals surface area contributed by atoms with Gasteiger partial charge in [-0.15, -0.1) is 0 Å². The third-order valence-electron chi connectivity index (χ3n) is 3.26. The van der Waals surface area contributed by atoms with Gasteiger partial charge in [-0.3, -0.25) is 14.0 Å². The van der Waals surface area contributed by atoms with E-state index in [9.17, 15) is 14.0 Å². The fourth-order valence-electron chi connectivity index (χ4n) is 1.68. The molecule has 0 saturated heterocycles. The van der Waals surface area contributed by atoms with Crippen LogP contribution in [0.3, 0.4) is 0 Å². The minimum atomic E-state index is -1.78. The Balaban J connectivity index is 2.70. The number of carbonyl (C=O) groups is 2. The molecule has 0 aliphatic heterocycles. The molecule has 0 saturated carbocycles. The van der Waals surface area contributed by atoms with Crippen molar-refractivity contribution in [1.29, 1.82) is 0 Å². The Labute approximate surface area is 110 Å². The van der Waals surface area contributed by atoms with Crippen molar-refractivity contribution in [2.24, 2.45) is 5.41 Å². The zero-order valence-electron chi connectivity index (χ0n) is 10.7. The number of aliphatic carboxylic acids is 2. The number of alkyl halides is 1. The quantitative estimate of drug-likeness (QED) is 0.743. The van der Waals surface area contributed by atoms with Crippen LogP contribution in [0.25, 0.3) is 0 Å². The molecule has 0 aliphatic rings. The highest BCUT2D eigenvalue weighted by atomic mass is 18.2. The first-order valence-electron chi connectivity index (χ1n) is 6.00. The molecule has 0 heterocycles. The smallest absolute Gasteiger partial charge is 0.320 e. The van der Waals surface area contributed by atoms with Crippen LogP contribution in [-0.2, 0) is 22.4 Å². The van der Waals surface area contributed by atoms with Gasteiger partial charge in [-0.1, -0.05) is 24.3 Å². The standard InChI is InChI=1S/C14H17FO4/c1-14(12(16)17,13(18)19)8-6-10-2-4-11(5-3-10)7-9-15/h2-5H,6-9H2,1H3,(H,16,17)(H,18,19)/i15-1. The van der Waals surface area contributed by atoms with Crippen LogP contribution in [-0.4, -0.2) is 28.8 Å². The minimum absolute atomic E-state index is 0.0140. The Morgan fingerprint density at radius 3 is 1.84 bits per heavy atom. The molecule has 0 spiro atoms. The van der Waals surface area contributed by atoms with Crippen molar-refractivity contribution in [2.75, 3.05) is 6.67 Å². The van der Waals surface area contributed by atoms with E-state index in [0.717, 1.165) is 11.1 Å². The van der Waals surface area contributed by atoms with Crippen molar-refractivity contribution in [3.8, 4) is 0 Å². The summed E-state index contributed by atoms with van der Waals surface area (Å²) >= 11 is 0. The predicted molar refractivity (Wildman–Crippen MR) is 67.8 cm³/mol. The Bertz CT molecular complexity index is 439. The number of hydrogen-bond acceptors (Lipinski definition) is 2. The van der Waals surface area contributed by atoms with Gasteiger partial charge in [0.1, 0.15) is 0 Å². The van der Waals surface area contributed by atoms with Gasteiger partial charge >= 0.3 is 11.9 Å².